The molecule has 2 heterocycles. The number of hydrogen-bond donors (Lipinski definition) is 1. The minimum atomic E-state index is -4.74. The summed E-state index contributed by atoms with van der Waals surface area (Å²) in [6.45, 7) is 0.943. The van der Waals surface area contributed by atoms with E-state index in [0.717, 1.165) is 17.7 Å². The first-order valence-electron chi connectivity index (χ1n) is 5.61. The van der Waals surface area contributed by atoms with Crippen molar-refractivity contribution in [3.8, 4) is 0 Å². The summed E-state index contributed by atoms with van der Waals surface area (Å²) in [7, 11) is 0. The second-order valence-electron chi connectivity index (χ2n) is 4.41. The maximum atomic E-state index is 12.4. The molecule has 2 aliphatic rings. The maximum Gasteiger partial charge on any atom is 0.471 e. The molecule has 2 fully saturated rings. The Bertz CT molecular complexity index is 280. The van der Waals surface area contributed by atoms with Crippen LogP contribution in [0.2, 0.25) is 0 Å². The highest BCUT2D eigenvalue weighted by Crippen LogP contribution is 2.28. The lowest BCUT2D eigenvalue weighted by Crippen LogP contribution is -2.50. The standard InChI is InChI=1S/C10H15F3N2O/c11-10(12,13)9(16)15-6-2-1-3-7-8(15)4-5-14-7/h7-8,14H,1-6H2/t7-,8-/m1/s1. The minimum absolute atomic E-state index is 0.0498. The van der Waals surface area contributed by atoms with Crippen LogP contribution in [0.15, 0.2) is 0 Å². The number of carbonyl (C=O) groups is 1. The quantitative estimate of drug-likeness (QED) is 0.687. The zero-order chi connectivity index (χ0) is 11.8. The molecule has 0 unspecified atom stereocenters. The van der Waals surface area contributed by atoms with Crippen LogP contribution in [0.4, 0.5) is 13.2 Å². The Hall–Kier alpha value is -0.780. The average Bonchev–Trinajstić information content (AvgIpc) is 2.56. The van der Waals surface area contributed by atoms with Gasteiger partial charge in [0.2, 0.25) is 0 Å². The molecule has 92 valence electrons. The minimum Gasteiger partial charge on any atom is -0.330 e. The molecule has 1 amide bonds. The van der Waals surface area contributed by atoms with Crippen molar-refractivity contribution in [1.29, 1.82) is 0 Å². The molecule has 6 heteroatoms. The fourth-order valence-corrected chi connectivity index (χ4v) is 2.65. The zero-order valence-electron chi connectivity index (χ0n) is 8.89. The third kappa shape index (κ3) is 2.16. The maximum absolute atomic E-state index is 12.4. The molecule has 2 rings (SSSR count). The topological polar surface area (TPSA) is 32.3 Å². The molecule has 0 aromatic heterocycles. The van der Waals surface area contributed by atoms with E-state index >= 15 is 0 Å². The van der Waals surface area contributed by atoms with Gasteiger partial charge in [-0.05, 0) is 25.8 Å². The number of nitrogens with zero attached hydrogens (tertiary/aromatic N) is 1. The van der Waals surface area contributed by atoms with Crippen molar-refractivity contribution in [2.24, 2.45) is 0 Å². The number of halogens is 3. The van der Waals surface area contributed by atoms with Crippen LogP contribution in [-0.2, 0) is 4.79 Å². The lowest BCUT2D eigenvalue weighted by atomic mass is 10.1. The number of carbonyl (C=O) groups excluding carboxylic acids is 1. The van der Waals surface area contributed by atoms with Crippen molar-refractivity contribution in [1.82, 2.24) is 10.2 Å². The number of rotatable bonds is 0. The summed E-state index contributed by atoms with van der Waals surface area (Å²) in [4.78, 5) is 12.3. The normalized spacial score (nSPS) is 31.1. The van der Waals surface area contributed by atoms with Crippen LogP contribution >= 0.6 is 0 Å². The van der Waals surface area contributed by atoms with Gasteiger partial charge in [-0.15, -0.1) is 0 Å². The Labute approximate surface area is 92.0 Å². The number of amides is 1. The number of nitrogens with one attached hydrogen (secondary N) is 1. The molecule has 0 spiro atoms. The lowest BCUT2D eigenvalue weighted by Gasteiger charge is -2.30. The van der Waals surface area contributed by atoms with E-state index in [9.17, 15) is 18.0 Å². The molecule has 0 aromatic rings. The Kier molecular flexibility index (Phi) is 3.10. The highest BCUT2D eigenvalue weighted by molar-refractivity contribution is 5.82. The molecule has 0 bridgehead atoms. The van der Waals surface area contributed by atoms with Gasteiger partial charge in [-0.2, -0.15) is 13.2 Å². The van der Waals surface area contributed by atoms with Crippen molar-refractivity contribution in [3.05, 3.63) is 0 Å². The number of hydrogen-bond acceptors (Lipinski definition) is 2. The summed E-state index contributed by atoms with van der Waals surface area (Å²) >= 11 is 0. The van der Waals surface area contributed by atoms with Crippen molar-refractivity contribution >= 4 is 5.91 Å². The molecule has 2 aliphatic heterocycles. The smallest absolute Gasteiger partial charge is 0.330 e. The van der Waals surface area contributed by atoms with E-state index in [1.165, 1.54) is 0 Å². The summed E-state index contributed by atoms with van der Waals surface area (Å²) in [5.74, 6) is -1.67. The van der Waals surface area contributed by atoms with Gasteiger partial charge in [0.1, 0.15) is 0 Å². The SMILES string of the molecule is O=C(N1CCCC[C@H]2NCC[C@H]21)C(F)(F)F. The van der Waals surface area contributed by atoms with E-state index in [-0.39, 0.29) is 18.6 Å². The summed E-state index contributed by atoms with van der Waals surface area (Å²) in [5.41, 5.74) is 0. The highest BCUT2D eigenvalue weighted by atomic mass is 19.4. The Morgan fingerprint density at radius 3 is 2.69 bits per heavy atom. The van der Waals surface area contributed by atoms with Crippen LogP contribution in [0.25, 0.3) is 0 Å². The van der Waals surface area contributed by atoms with E-state index in [4.69, 9.17) is 0 Å². The molecule has 0 saturated carbocycles. The van der Waals surface area contributed by atoms with E-state index < -0.39 is 12.1 Å². The van der Waals surface area contributed by atoms with Crippen LogP contribution in [0.5, 0.6) is 0 Å². The van der Waals surface area contributed by atoms with E-state index in [1.54, 1.807) is 0 Å². The summed E-state index contributed by atoms with van der Waals surface area (Å²) < 4.78 is 37.2. The van der Waals surface area contributed by atoms with Crippen molar-refractivity contribution in [2.75, 3.05) is 13.1 Å². The summed E-state index contributed by atoms with van der Waals surface area (Å²) in [6.07, 6.45) is -1.69. The summed E-state index contributed by atoms with van der Waals surface area (Å²) in [6, 6.07) is -0.217. The predicted octanol–water partition coefficient (Wildman–Crippen LogP) is 1.29. The van der Waals surface area contributed by atoms with Gasteiger partial charge in [0, 0.05) is 18.6 Å². The molecule has 3 nitrogen and oxygen atoms in total. The van der Waals surface area contributed by atoms with Crippen molar-refractivity contribution in [2.45, 2.75) is 43.9 Å². The first-order valence-corrected chi connectivity index (χ1v) is 5.61. The van der Waals surface area contributed by atoms with Gasteiger partial charge >= 0.3 is 12.1 Å². The third-order valence-corrected chi connectivity index (χ3v) is 3.38. The van der Waals surface area contributed by atoms with Crippen molar-refractivity contribution < 1.29 is 18.0 Å². The monoisotopic (exact) mass is 236 g/mol. The van der Waals surface area contributed by atoms with Crippen LogP contribution in [0, 0.1) is 0 Å². The molecule has 16 heavy (non-hydrogen) atoms. The van der Waals surface area contributed by atoms with Gasteiger partial charge in [0.15, 0.2) is 0 Å². The molecular formula is C10H15F3N2O. The number of likely N-dealkylation sites (tertiary alicyclic amines) is 1. The molecule has 2 saturated heterocycles. The lowest BCUT2D eigenvalue weighted by molar-refractivity contribution is -0.187. The molecule has 0 radical (unpaired) electrons. The number of alkyl halides is 3. The second-order valence-corrected chi connectivity index (χ2v) is 4.41. The average molecular weight is 236 g/mol. The van der Waals surface area contributed by atoms with Crippen LogP contribution in [0.1, 0.15) is 25.7 Å². The Morgan fingerprint density at radius 1 is 1.25 bits per heavy atom. The predicted molar refractivity (Wildman–Crippen MR) is 51.8 cm³/mol. The molecule has 1 N–H and O–H groups in total. The van der Waals surface area contributed by atoms with Gasteiger partial charge in [-0.25, -0.2) is 0 Å². The van der Waals surface area contributed by atoms with E-state index in [2.05, 4.69) is 5.32 Å². The summed E-state index contributed by atoms with van der Waals surface area (Å²) in [5, 5.41) is 3.17. The number of fused-ring (bicyclic) bond motifs is 1. The molecular weight excluding hydrogens is 221 g/mol. The van der Waals surface area contributed by atoms with Crippen LogP contribution in [0.3, 0.4) is 0 Å². The molecule has 2 atom stereocenters. The largest absolute Gasteiger partial charge is 0.471 e. The van der Waals surface area contributed by atoms with Crippen LogP contribution in [-0.4, -0.2) is 42.2 Å². The van der Waals surface area contributed by atoms with Gasteiger partial charge in [0.25, 0.3) is 0 Å². The highest BCUT2D eigenvalue weighted by Gasteiger charge is 2.47. The first-order chi connectivity index (χ1) is 7.50. The Morgan fingerprint density at radius 2 is 2.00 bits per heavy atom. The zero-order valence-corrected chi connectivity index (χ0v) is 8.89. The van der Waals surface area contributed by atoms with Crippen LogP contribution < -0.4 is 5.32 Å². The fraction of sp³-hybridized carbons (Fsp3) is 0.900. The van der Waals surface area contributed by atoms with Gasteiger partial charge in [0.05, 0.1) is 0 Å². The first kappa shape index (κ1) is 11.7. The molecule has 0 aromatic carbocycles. The molecule has 0 aliphatic carbocycles. The second kappa shape index (κ2) is 4.24. The van der Waals surface area contributed by atoms with E-state index in [0.29, 0.717) is 19.4 Å². The van der Waals surface area contributed by atoms with Gasteiger partial charge in [-0.1, -0.05) is 6.42 Å². The van der Waals surface area contributed by atoms with Gasteiger partial charge in [-0.3, -0.25) is 4.79 Å². The Balaban J connectivity index is 2.14. The van der Waals surface area contributed by atoms with Crippen molar-refractivity contribution in [3.63, 3.8) is 0 Å². The van der Waals surface area contributed by atoms with E-state index in [1.807, 2.05) is 0 Å². The third-order valence-electron chi connectivity index (χ3n) is 3.38. The van der Waals surface area contributed by atoms with Gasteiger partial charge < -0.3 is 10.2 Å². The fourth-order valence-electron chi connectivity index (χ4n) is 2.65.